The van der Waals surface area contributed by atoms with Gasteiger partial charge in [0, 0.05) is 18.8 Å². The zero-order chi connectivity index (χ0) is 10.4. The fourth-order valence-electron chi connectivity index (χ4n) is 1.11. The summed E-state index contributed by atoms with van der Waals surface area (Å²) >= 11 is 1.77. The molecular weight excluding hydrogens is 196 g/mol. The van der Waals surface area contributed by atoms with Crippen molar-refractivity contribution in [1.29, 1.82) is 0 Å². The van der Waals surface area contributed by atoms with Crippen molar-refractivity contribution in [2.75, 3.05) is 12.8 Å². The van der Waals surface area contributed by atoms with Crippen molar-refractivity contribution >= 4 is 11.8 Å². The van der Waals surface area contributed by atoms with Crippen LogP contribution in [0.4, 0.5) is 0 Å². The van der Waals surface area contributed by atoms with E-state index < -0.39 is 0 Å². The highest BCUT2D eigenvalue weighted by Crippen LogP contribution is 2.15. The lowest BCUT2D eigenvalue weighted by Crippen LogP contribution is -2.20. The Morgan fingerprint density at radius 3 is 3.00 bits per heavy atom. The summed E-state index contributed by atoms with van der Waals surface area (Å²) in [4.78, 5) is 4.15. The highest BCUT2D eigenvalue weighted by atomic mass is 32.2. The summed E-state index contributed by atoms with van der Waals surface area (Å²) in [6.07, 6.45) is 4.01. The van der Waals surface area contributed by atoms with Crippen LogP contribution in [0, 0.1) is 0 Å². The van der Waals surface area contributed by atoms with Crippen LogP contribution in [0.15, 0.2) is 11.5 Å². The van der Waals surface area contributed by atoms with Gasteiger partial charge in [0.05, 0.1) is 0 Å². The lowest BCUT2D eigenvalue weighted by molar-refractivity contribution is 0.559. The third-order valence-corrected chi connectivity index (χ3v) is 3.30. The predicted molar refractivity (Wildman–Crippen MR) is 59.5 cm³/mol. The first-order chi connectivity index (χ1) is 6.74. The molecule has 0 bridgehead atoms. The first-order valence-electron chi connectivity index (χ1n) is 4.88. The van der Waals surface area contributed by atoms with E-state index in [2.05, 4.69) is 22.3 Å². The standard InChI is InChI=1S/C9H18N4S/c1-8(10-2)5-4-6-14-9-11-7-12-13(9)3/h7-8,10H,4-6H2,1-3H3. The average Bonchev–Trinajstić information content (AvgIpc) is 2.58. The summed E-state index contributed by atoms with van der Waals surface area (Å²) in [6, 6.07) is 0.607. The minimum absolute atomic E-state index is 0.607. The van der Waals surface area contributed by atoms with Gasteiger partial charge in [-0.25, -0.2) is 9.67 Å². The van der Waals surface area contributed by atoms with Gasteiger partial charge in [0.15, 0.2) is 5.16 Å². The molecule has 0 spiro atoms. The van der Waals surface area contributed by atoms with E-state index in [4.69, 9.17) is 0 Å². The van der Waals surface area contributed by atoms with Gasteiger partial charge in [0.2, 0.25) is 0 Å². The van der Waals surface area contributed by atoms with Crippen LogP contribution < -0.4 is 5.32 Å². The molecule has 0 saturated carbocycles. The molecule has 80 valence electrons. The lowest BCUT2D eigenvalue weighted by Gasteiger charge is -2.08. The van der Waals surface area contributed by atoms with Crippen molar-refractivity contribution in [2.24, 2.45) is 7.05 Å². The summed E-state index contributed by atoms with van der Waals surface area (Å²) < 4.78 is 1.81. The molecule has 0 aliphatic carbocycles. The van der Waals surface area contributed by atoms with Gasteiger partial charge < -0.3 is 5.32 Å². The Morgan fingerprint density at radius 2 is 2.43 bits per heavy atom. The molecular formula is C9H18N4S. The van der Waals surface area contributed by atoms with Gasteiger partial charge >= 0.3 is 0 Å². The maximum absolute atomic E-state index is 4.15. The highest BCUT2D eigenvalue weighted by molar-refractivity contribution is 7.99. The van der Waals surface area contributed by atoms with E-state index in [0.29, 0.717) is 6.04 Å². The molecule has 0 amide bonds. The zero-order valence-electron chi connectivity index (χ0n) is 9.03. The lowest BCUT2D eigenvalue weighted by atomic mass is 10.2. The molecule has 0 radical (unpaired) electrons. The summed E-state index contributed by atoms with van der Waals surface area (Å²) in [7, 11) is 3.92. The Morgan fingerprint density at radius 1 is 1.64 bits per heavy atom. The second kappa shape index (κ2) is 6.03. The largest absolute Gasteiger partial charge is 0.317 e. The van der Waals surface area contributed by atoms with Gasteiger partial charge in [0.1, 0.15) is 6.33 Å². The molecule has 5 heteroatoms. The van der Waals surface area contributed by atoms with Crippen molar-refractivity contribution in [2.45, 2.75) is 31.0 Å². The van der Waals surface area contributed by atoms with Gasteiger partial charge in [0.25, 0.3) is 0 Å². The van der Waals surface area contributed by atoms with Gasteiger partial charge in [-0.1, -0.05) is 11.8 Å². The van der Waals surface area contributed by atoms with Crippen LogP contribution in [0.1, 0.15) is 19.8 Å². The Hall–Kier alpha value is -0.550. The van der Waals surface area contributed by atoms with Crippen molar-refractivity contribution in [3.8, 4) is 0 Å². The van der Waals surface area contributed by atoms with Gasteiger partial charge in [-0.2, -0.15) is 5.10 Å². The Kier molecular flexibility index (Phi) is 4.97. The monoisotopic (exact) mass is 214 g/mol. The molecule has 0 saturated heterocycles. The minimum atomic E-state index is 0.607. The molecule has 1 rings (SSSR count). The molecule has 0 aliphatic heterocycles. The molecule has 4 nitrogen and oxygen atoms in total. The maximum atomic E-state index is 4.15. The second-order valence-corrected chi connectivity index (χ2v) is 4.41. The first kappa shape index (κ1) is 11.5. The SMILES string of the molecule is CNC(C)CCCSc1ncnn1C. The molecule has 1 unspecified atom stereocenters. The third-order valence-electron chi connectivity index (χ3n) is 2.18. The van der Waals surface area contributed by atoms with Crippen LogP contribution in [-0.2, 0) is 7.05 Å². The van der Waals surface area contributed by atoms with E-state index in [1.807, 2.05) is 18.8 Å². The molecule has 1 N–H and O–H groups in total. The normalized spacial score (nSPS) is 13.1. The Bertz CT molecular complexity index is 261. The molecule has 1 heterocycles. The van der Waals surface area contributed by atoms with Crippen LogP contribution in [0.3, 0.4) is 0 Å². The molecule has 1 aromatic heterocycles. The third kappa shape index (κ3) is 3.67. The number of hydrogen-bond acceptors (Lipinski definition) is 4. The molecule has 0 fully saturated rings. The molecule has 0 aliphatic rings. The highest BCUT2D eigenvalue weighted by Gasteiger charge is 2.02. The smallest absolute Gasteiger partial charge is 0.185 e. The molecule has 0 aromatic carbocycles. The number of nitrogens with one attached hydrogen (secondary N) is 1. The van der Waals surface area contributed by atoms with Gasteiger partial charge in [-0.3, -0.25) is 0 Å². The minimum Gasteiger partial charge on any atom is -0.317 e. The fourth-order valence-corrected chi connectivity index (χ4v) is 1.96. The van der Waals surface area contributed by atoms with E-state index in [0.717, 1.165) is 10.9 Å². The molecule has 1 aromatic rings. The quantitative estimate of drug-likeness (QED) is 0.572. The number of thioether (sulfide) groups is 1. The second-order valence-electron chi connectivity index (χ2n) is 3.35. The molecule has 1 atom stereocenters. The van der Waals surface area contributed by atoms with E-state index in [-0.39, 0.29) is 0 Å². The van der Waals surface area contributed by atoms with Crippen molar-refractivity contribution in [1.82, 2.24) is 20.1 Å². The van der Waals surface area contributed by atoms with Crippen molar-refractivity contribution in [3.63, 3.8) is 0 Å². The van der Waals surface area contributed by atoms with Crippen LogP contribution in [0.25, 0.3) is 0 Å². The summed E-state index contributed by atoms with van der Waals surface area (Å²) in [6.45, 7) is 2.20. The van der Waals surface area contributed by atoms with Gasteiger partial charge in [-0.05, 0) is 26.8 Å². The number of aryl methyl sites for hydroxylation is 1. The number of rotatable bonds is 6. The van der Waals surface area contributed by atoms with Crippen LogP contribution in [0.2, 0.25) is 0 Å². The van der Waals surface area contributed by atoms with E-state index in [9.17, 15) is 0 Å². The summed E-state index contributed by atoms with van der Waals surface area (Å²) in [5, 5.41) is 8.25. The van der Waals surface area contributed by atoms with E-state index >= 15 is 0 Å². The van der Waals surface area contributed by atoms with E-state index in [1.54, 1.807) is 18.1 Å². The van der Waals surface area contributed by atoms with Crippen LogP contribution in [0.5, 0.6) is 0 Å². The van der Waals surface area contributed by atoms with Crippen LogP contribution in [-0.4, -0.2) is 33.6 Å². The summed E-state index contributed by atoms with van der Waals surface area (Å²) in [5.41, 5.74) is 0. The van der Waals surface area contributed by atoms with Gasteiger partial charge in [-0.15, -0.1) is 0 Å². The average molecular weight is 214 g/mol. The van der Waals surface area contributed by atoms with Crippen LogP contribution >= 0.6 is 11.8 Å². The first-order valence-corrected chi connectivity index (χ1v) is 5.86. The Labute approximate surface area is 89.5 Å². The predicted octanol–water partition coefficient (Wildman–Crippen LogP) is 1.30. The number of hydrogen-bond donors (Lipinski definition) is 1. The number of aromatic nitrogens is 3. The topological polar surface area (TPSA) is 42.7 Å². The van der Waals surface area contributed by atoms with Crippen molar-refractivity contribution < 1.29 is 0 Å². The maximum Gasteiger partial charge on any atom is 0.185 e. The van der Waals surface area contributed by atoms with Crippen molar-refractivity contribution in [3.05, 3.63) is 6.33 Å². The molecule has 14 heavy (non-hydrogen) atoms. The fraction of sp³-hybridized carbons (Fsp3) is 0.778. The number of nitrogens with zero attached hydrogens (tertiary/aromatic N) is 3. The van der Waals surface area contributed by atoms with E-state index in [1.165, 1.54) is 12.8 Å². The summed E-state index contributed by atoms with van der Waals surface area (Å²) in [5.74, 6) is 1.11. The Balaban J connectivity index is 2.13. The zero-order valence-corrected chi connectivity index (χ0v) is 9.84.